The number of hydrogen-bond donors (Lipinski definition) is 0. The molecule has 0 aromatic heterocycles. The average Bonchev–Trinajstić information content (AvgIpc) is 2.57. The van der Waals surface area contributed by atoms with Crippen LogP contribution in [0.15, 0.2) is 0 Å². The van der Waals surface area contributed by atoms with Crippen LogP contribution in [-0.4, -0.2) is 36.9 Å². The molecule has 5 heteroatoms. The SMILES string of the molecule is CC(C)OC(=O)[C@@H]1[C@H](C)CO[C@H]1C(=O)OC(C)C. The van der Waals surface area contributed by atoms with Crippen molar-refractivity contribution in [3.63, 3.8) is 0 Å². The van der Waals surface area contributed by atoms with Gasteiger partial charge in [0.05, 0.1) is 24.7 Å². The summed E-state index contributed by atoms with van der Waals surface area (Å²) >= 11 is 0. The van der Waals surface area contributed by atoms with E-state index < -0.39 is 18.0 Å². The monoisotopic (exact) mass is 258 g/mol. The molecule has 0 aliphatic carbocycles. The minimum atomic E-state index is -0.839. The molecular weight excluding hydrogens is 236 g/mol. The Morgan fingerprint density at radius 2 is 1.56 bits per heavy atom. The highest BCUT2D eigenvalue weighted by Gasteiger charge is 2.46. The van der Waals surface area contributed by atoms with Crippen LogP contribution >= 0.6 is 0 Å². The van der Waals surface area contributed by atoms with Gasteiger partial charge in [0.25, 0.3) is 0 Å². The molecule has 0 amide bonds. The largest absolute Gasteiger partial charge is 0.463 e. The Bertz CT molecular complexity index is 311. The lowest BCUT2D eigenvalue weighted by Gasteiger charge is -2.20. The molecule has 0 unspecified atom stereocenters. The van der Waals surface area contributed by atoms with Crippen molar-refractivity contribution < 1.29 is 23.8 Å². The van der Waals surface area contributed by atoms with Crippen molar-refractivity contribution >= 4 is 11.9 Å². The molecule has 0 spiro atoms. The van der Waals surface area contributed by atoms with E-state index in [0.29, 0.717) is 6.61 Å². The second-order valence-electron chi connectivity index (χ2n) is 5.23. The van der Waals surface area contributed by atoms with E-state index in [2.05, 4.69) is 0 Å². The summed E-state index contributed by atoms with van der Waals surface area (Å²) in [6.45, 7) is 9.32. The lowest BCUT2D eigenvalue weighted by Crippen LogP contribution is -2.38. The highest BCUT2D eigenvalue weighted by atomic mass is 16.6. The summed E-state index contributed by atoms with van der Waals surface area (Å²) in [5.41, 5.74) is 0. The Morgan fingerprint density at radius 1 is 1.06 bits per heavy atom. The van der Waals surface area contributed by atoms with Crippen molar-refractivity contribution in [2.24, 2.45) is 11.8 Å². The van der Waals surface area contributed by atoms with Crippen molar-refractivity contribution in [3.8, 4) is 0 Å². The molecule has 5 nitrogen and oxygen atoms in total. The maximum atomic E-state index is 12.0. The van der Waals surface area contributed by atoms with Crippen LogP contribution in [0.2, 0.25) is 0 Å². The Kier molecular flexibility index (Phi) is 5.14. The van der Waals surface area contributed by atoms with E-state index in [1.807, 2.05) is 6.92 Å². The molecule has 18 heavy (non-hydrogen) atoms. The second-order valence-corrected chi connectivity index (χ2v) is 5.23. The maximum absolute atomic E-state index is 12.0. The number of ether oxygens (including phenoxy) is 3. The van der Waals surface area contributed by atoms with Gasteiger partial charge in [-0.05, 0) is 33.6 Å². The van der Waals surface area contributed by atoms with E-state index in [-0.39, 0.29) is 24.1 Å². The van der Waals surface area contributed by atoms with Crippen LogP contribution in [0.5, 0.6) is 0 Å². The van der Waals surface area contributed by atoms with E-state index in [4.69, 9.17) is 14.2 Å². The molecule has 0 aromatic rings. The van der Waals surface area contributed by atoms with E-state index in [0.717, 1.165) is 0 Å². The van der Waals surface area contributed by atoms with Crippen molar-refractivity contribution in [2.45, 2.75) is 52.9 Å². The minimum absolute atomic E-state index is 0.0408. The van der Waals surface area contributed by atoms with Gasteiger partial charge < -0.3 is 14.2 Å². The lowest BCUT2D eigenvalue weighted by molar-refractivity contribution is -0.168. The number of hydrogen-bond acceptors (Lipinski definition) is 5. The topological polar surface area (TPSA) is 61.8 Å². The first-order chi connectivity index (χ1) is 8.32. The van der Waals surface area contributed by atoms with Gasteiger partial charge in [0.2, 0.25) is 0 Å². The number of rotatable bonds is 4. The molecule has 0 N–H and O–H groups in total. The minimum Gasteiger partial charge on any atom is -0.463 e. The molecule has 0 saturated carbocycles. The number of esters is 2. The highest BCUT2D eigenvalue weighted by molar-refractivity contribution is 5.84. The summed E-state index contributed by atoms with van der Waals surface area (Å²) in [5.74, 6) is -1.49. The Morgan fingerprint density at radius 3 is 2.06 bits per heavy atom. The summed E-state index contributed by atoms with van der Waals surface area (Å²) in [4.78, 5) is 23.8. The first kappa shape index (κ1) is 15.0. The molecule has 0 bridgehead atoms. The molecule has 0 aromatic carbocycles. The molecule has 1 heterocycles. The van der Waals surface area contributed by atoms with Gasteiger partial charge in [-0.1, -0.05) is 6.92 Å². The molecule has 1 aliphatic rings. The van der Waals surface area contributed by atoms with Crippen LogP contribution in [0.4, 0.5) is 0 Å². The van der Waals surface area contributed by atoms with Gasteiger partial charge in [0.1, 0.15) is 0 Å². The van der Waals surface area contributed by atoms with Gasteiger partial charge >= 0.3 is 11.9 Å². The van der Waals surface area contributed by atoms with Crippen LogP contribution in [0.3, 0.4) is 0 Å². The van der Waals surface area contributed by atoms with Crippen LogP contribution < -0.4 is 0 Å². The van der Waals surface area contributed by atoms with Gasteiger partial charge in [0, 0.05) is 0 Å². The number of carbonyl (C=O) groups excluding carboxylic acids is 2. The van der Waals surface area contributed by atoms with E-state index in [9.17, 15) is 9.59 Å². The van der Waals surface area contributed by atoms with Gasteiger partial charge in [-0.25, -0.2) is 4.79 Å². The average molecular weight is 258 g/mol. The van der Waals surface area contributed by atoms with E-state index in [1.165, 1.54) is 0 Å². The zero-order chi connectivity index (χ0) is 13.9. The molecule has 1 fully saturated rings. The fourth-order valence-electron chi connectivity index (χ4n) is 1.94. The lowest BCUT2D eigenvalue weighted by atomic mass is 9.92. The van der Waals surface area contributed by atoms with Crippen molar-refractivity contribution in [2.75, 3.05) is 6.61 Å². The van der Waals surface area contributed by atoms with Crippen LogP contribution in [0, 0.1) is 11.8 Å². The quantitative estimate of drug-likeness (QED) is 0.716. The molecule has 1 rings (SSSR count). The molecule has 3 atom stereocenters. The van der Waals surface area contributed by atoms with Crippen molar-refractivity contribution in [3.05, 3.63) is 0 Å². The summed E-state index contributed by atoms with van der Waals surface area (Å²) in [7, 11) is 0. The summed E-state index contributed by atoms with van der Waals surface area (Å²) < 4.78 is 15.6. The zero-order valence-corrected chi connectivity index (χ0v) is 11.6. The Hall–Kier alpha value is -1.10. The third kappa shape index (κ3) is 3.70. The third-order valence-electron chi connectivity index (χ3n) is 2.69. The molecule has 0 radical (unpaired) electrons. The van der Waals surface area contributed by atoms with Crippen LogP contribution in [-0.2, 0) is 23.8 Å². The summed E-state index contributed by atoms with van der Waals surface area (Å²) in [5, 5.41) is 0. The maximum Gasteiger partial charge on any atom is 0.336 e. The number of carbonyl (C=O) groups is 2. The van der Waals surface area contributed by atoms with Gasteiger partial charge in [-0.2, -0.15) is 0 Å². The predicted molar refractivity (Wildman–Crippen MR) is 64.9 cm³/mol. The second kappa shape index (κ2) is 6.18. The van der Waals surface area contributed by atoms with Crippen LogP contribution in [0.25, 0.3) is 0 Å². The predicted octanol–water partition coefficient (Wildman–Crippen LogP) is 1.54. The summed E-state index contributed by atoms with van der Waals surface area (Å²) in [6.07, 6.45) is -1.26. The smallest absolute Gasteiger partial charge is 0.336 e. The van der Waals surface area contributed by atoms with Crippen molar-refractivity contribution in [1.82, 2.24) is 0 Å². The van der Waals surface area contributed by atoms with Gasteiger partial charge in [-0.3, -0.25) is 4.79 Å². The first-order valence-electron chi connectivity index (χ1n) is 6.35. The van der Waals surface area contributed by atoms with E-state index in [1.54, 1.807) is 27.7 Å². The molecular formula is C13H22O5. The highest BCUT2D eigenvalue weighted by Crippen LogP contribution is 2.29. The normalized spacial score (nSPS) is 27.6. The molecule has 104 valence electrons. The Balaban J connectivity index is 2.72. The standard InChI is InChI=1S/C13H22O5/c1-7(2)17-12(14)10-9(5)6-16-11(10)13(15)18-8(3)4/h7-11H,6H2,1-5H3/t9-,10-,11-/m1/s1. The Labute approximate surface area is 108 Å². The zero-order valence-electron chi connectivity index (χ0n) is 11.6. The fraction of sp³-hybridized carbons (Fsp3) is 0.846. The third-order valence-corrected chi connectivity index (χ3v) is 2.69. The fourth-order valence-corrected chi connectivity index (χ4v) is 1.94. The molecule has 1 aliphatic heterocycles. The first-order valence-corrected chi connectivity index (χ1v) is 6.35. The van der Waals surface area contributed by atoms with Gasteiger partial charge in [-0.15, -0.1) is 0 Å². The van der Waals surface area contributed by atoms with E-state index >= 15 is 0 Å². The van der Waals surface area contributed by atoms with Gasteiger partial charge in [0.15, 0.2) is 6.10 Å². The summed E-state index contributed by atoms with van der Waals surface area (Å²) in [6, 6.07) is 0. The van der Waals surface area contributed by atoms with Crippen molar-refractivity contribution in [1.29, 1.82) is 0 Å². The molecule has 1 saturated heterocycles. The van der Waals surface area contributed by atoms with Crippen LogP contribution in [0.1, 0.15) is 34.6 Å².